The van der Waals surface area contributed by atoms with E-state index in [1.54, 1.807) is 0 Å². The summed E-state index contributed by atoms with van der Waals surface area (Å²) in [5.74, 6) is 0. The Morgan fingerprint density at radius 3 is 2.89 bits per heavy atom. The quantitative estimate of drug-likeness (QED) is 0.662. The molecule has 0 saturated carbocycles. The van der Waals surface area contributed by atoms with Gasteiger partial charge in [-0.3, -0.25) is 14.3 Å². The molecule has 3 N–H and O–H groups in total. The summed E-state index contributed by atoms with van der Waals surface area (Å²) in [6, 6.07) is 0. The van der Waals surface area contributed by atoms with E-state index in [4.69, 9.17) is 9.84 Å². The van der Waals surface area contributed by atoms with Crippen LogP contribution in [0.15, 0.2) is 22.1 Å². The van der Waals surface area contributed by atoms with Crippen molar-refractivity contribution >= 4 is 6.08 Å². The molecule has 0 spiro atoms. The van der Waals surface area contributed by atoms with E-state index in [0.717, 1.165) is 16.8 Å². The molecule has 1 aliphatic rings. The highest BCUT2D eigenvalue weighted by atomic mass is 19.1. The Labute approximate surface area is 106 Å². The lowest BCUT2D eigenvalue weighted by atomic mass is 10.2. The van der Waals surface area contributed by atoms with Gasteiger partial charge in [-0.05, 0) is 6.08 Å². The second kappa shape index (κ2) is 5.47. The minimum atomic E-state index is -0.908. The van der Waals surface area contributed by atoms with Crippen molar-refractivity contribution in [3.63, 3.8) is 0 Å². The van der Waals surface area contributed by atoms with Crippen LogP contribution in [0.5, 0.6) is 0 Å². The molecule has 1 aromatic rings. The number of aliphatic hydroxyl groups is 2. The van der Waals surface area contributed by atoms with E-state index in [2.05, 4.69) is 0 Å². The standard InChI is InChI=1S/C11H13FN2O5/c12-2-1-6-4-14(11(18)13-10(6)17)9-3-7(16)8(5-15)19-9/h1-2,4,7-9,15-16H,3,5H2,(H,13,17,18)/b2-1+. The molecule has 104 valence electrons. The summed E-state index contributed by atoms with van der Waals surface area (Å²) < 4.78 is 18.5. The molecule has 0 amide bonds. The number of halogens is 1. The molecule has 2 rings (SSSR count). The van der Waals surface area contributed by atoms with E-state index in [0.29, 0.717) is 0 Å². The Bertz CT molecular complexity index is 593. The van der Waals surface area contributed by atoms with Gasteiger partial charge in [0.2, 0.25) is 0 Å². The lowest BCUT2D eigenvalue weighted by molar-refractivity contribution is -0.0459. The third-order valence-electron chi connectivity index (χ3n) is 2.93. The molecule has 2 heterocycles. The van der Waals surface area contributed by atoms with Crippen molar-refractivity contribution < 1.29 is 19.3 Å². The Morgan fingerprint density at radius 1 is 1.58 bits per heavy atom. The number of aromatic amines is 1. The summed E-state index contributed by atoms with van der Waals surface area (Å²) in [5.41, 5.74) is -1.49. The zero-order valence-electron chi connectivity index (χ0n) is 9.82. The number of hydrogen-bond donors (Lipinski definition) is 3. The van der Waals surface area contributed by atoms with Gasteiger partial charge < -0.3 is 14.9 Å². The predicted molar refractivity (Wildman–Crippen MR) is 63.1 cm³/mol. The van der Waals surface area contributed by atoms with Crippen LogP contribution in [0, 0.1) is 0 Å². The number of aromatic nitrogens is 2. The van der Waals surface area contributed by atoms with Gasteiger partial charge in [0.15, 0.2) is 0 Å². The van der Waals surface area contributed by atoms with E-state index < -0.39 is 29.7 Å². The van der Waals surface area contributed by atoms with Crippen molar-refractivity contribution in [1.29, 1.82) is 0 Å². The number of rotatable bonds is 3. The zero-order chi connectivity index (χ0) is 14.0. The molecule has 1 saturated heterocycles. The molecule has 3 atom stereocenters. The summed E-state index contributed by atoms with van der Waals surface area (Å²) in [5, 5.41) is 18.6. The number of H-pyrrole nitrogens is 1. The number of nitrogens with zero attached hydrogens (tertiary/aromatic N) is 1. The van der Waals surface area contributed by atoms with Crippen LogP contribution in [-0.2, 0) is 4.74 Å². The van der Waals surface area contributed by atoms with Crippen molar-refractivity contribution in [3.8, 4) is 0 Å². The van der Waals surface area contributed by atoms with Gasteiger partial charge >= 0.3 is 5.69 Å². The van der Waals surface area contributed by atoms with Crippen LogP contribution in [0.3, 0.4) is 0 Å². The molecular weight excluding hydrogens is 259 g/mol. The van der Waals surface area contributed by atoms with Gasteiger partial charge in [-0.15, -0.1) is 0 Å². The maximum Gasteiger partial charge on any atom is 0.330 e. The molecule has 1 fully saturated rings. The van der Waals surface area contributed by atoms with Gasteiger partial charge in [0.1, 0.15) is 12.3 Å². The summed E-state index contributed by atoms with van der Waals surface area (Å²) in [6.07, 6.45) is -0.185. The summed E-state index contributed by atoms with van der Waals surface area (Å²) in [7, 11) is 0. The zero-order valence-corrected chi connectivity index (χ0v) is 9.82. The van der Waals surface area contributed by atoms with E-state index in [1.165, 1.54) is 0 Å². The Morgan fingerprint density at radius 2 is 2.32 bits per heavy atom. The van der Waals surface area contributed by atoms with Gasteiger partial charge in [0.25, 0.3) is 5.56 Å². The summed E-state index contributed by atoms with van der Waals surface area (Å²) in [6.45, 7) is -0.382. The van der Waals surface area contributed by atoms with Crippen molar-refractivity contribution in [3.05, 3.63) is 38.9 Å². The van der Waals surface area contributed by atoms with Gasteiger partial charge in [0, 0.05) is 12.6 Å². The Balaban J connectivity index is 2.38. The SMILES string of the molecule is O=c1[nH]c(=O)n(C2CC(O)C(CO)O2)cc1/C=C/F. The highest BCUT2D eigenvalue weighted by Gasteiger charge is 2.35. The van der Waals surface area contributed by atoms with E-state index in [1.807, 2.05) is 4.98 Å². The van der Waals surface area contributed by atoms with Crippen LogP contribution in [0.2, 0.25) is 0 Å². The average molecular weight is 272 g/mol. The number of hydrogen-bond acceptors (Lipinski definition) is 5. The highest BCUT2D eigenvalue weighted by molar-refractivity contribution is 5.44. The molecular formula is C11H13FN2O5. The van der Waals surface area contributed by atoms with Gasteiger partial charge in [-0.25, -0.2) is 9.18 Å². The van der Waals surface area contributed by atoms with Crippen LogP contribution in [0.4, 0.5) is 4.39 Å². The van der Waals surface area contributed by atoms with E-state index in [-0.39, 0.29) is 24.9 Å². The first-order valence-electron chi connectivity index (χ1n) is 5.63. The van der Waals surface area contributed by atoms with Gasteiger partial charge in [-0.2, -0.15) is 0 Å². The van der Waals surface area contributed by atoms with Gasteiger partial charge in [0.05, 0.1) is 24.6 Å². The molecule has 3 unspecified atom stereocenters. The Hall–Kier alpha value is -1.77. The lowest BCUT2D eigenvalue weighted by Gasteiger charge is -2.14. The number of nitrogens with one attached hydrogen (secondary N) is 1. The van der Waals surface area contributed by atoms with Crippen molar-refractivity contribution in [1.82, 2.24) is 9.55 Å². The molecule has 0 aromatic carbocycles. The first-order valence-corrected chi connectivity index (χ1v) is 5.63. The summed E-state index contributed by atoms with van der Waals surface area (Å²) >= 11 is 0. The van der Waals surface area contributed by atoms with Crippen LogP contribution in [-0.4, -0.2) is 38.6 Å². The second-order valence-corrected chi connectivity index (χ2v) is 4.16. The minimum Gasteiger partial charge on any atom is -0.394 e. The largest absolute Gasteiger partial charge is 0.394 e. The topological polar surface area (TPSA) is 105 Å². The molecule has 0 bridgehead atoms. The first kappa shape index (κ1) is 13.7. The third kappa shape index (κ3) is 2.65. The van der Waals surface area contributed by atoms with Crippen LogP contribution in [0.25, 0.3) is 6.08 Å². The van der Waals surface area contributed by atoms with Crippen LogP contribution in [0.1, 0.15) is 18.2 Å². The molecule has 7 nitrogen and oxygen atoms in total. The molecule has 19 heavy (non-hydrogen) atoms. The third-order valence-corrected chi connectivity index (χ3v) is 2.93. The fraction of sp³-hybridized carbons (Fsp3) is 0.455. The number of aliphatic hydroxyl groups excluding tert-OH is 2. The normalized spacial score (nSPS) is 27.2. The minimum absolute atomic E-state index is 0.0485. The molecule has 1 aliphatic heterocycles. The van der Waals surface area contributed by atoms with Gasteiger partial charge in [-0.1, -0.05) is 0 Å². The van der Waals surface area contributed by atoms with Crippen LogP contribution < -0.4 is 11.2 Å². The maximum absolute atomic E-state index is 12.1. The summed E-state index contributed by atoms with van der Waals surface area (Å²) in [4.78, 5) is 25.0. The smallest absolute Gasteiger partial charge is 0.330 e. The highest BCUT2D eigenvalue weighted by Crippen LogP contribution is 2.27. The first-order chi connectivity index (χ1) is 9.06. The van der Waals surface area contributed by atoms with Crippen molar-refractivity contribution in [2.75, 3.05) is 6.61 Å². The number of ether oxygens (including phenoxy) is 1. The fourth-order valence-electron chi connectivity index (χ4n) is 1.95. The molecule has 0 aliphatic carbocycles. The monoisotopic (exact) mass is 272 g/mol. The molecule has 1 aromatic heterocycles. The molecule has 0 radical (unpaired) electrons. The van der Waals surface area contributed by atoms with Crippen molar-refractivity contribution in [2.45, 2.75) is 24.9 Å². The maximum atomic E-state index is 12.1. The van der Waals surface area contributed by atoms with Crippen molar-refractivity contribution in [2.24, 2.45) is 0 Å². The van der Waals surface area contributed by atoms with E-state index in [9.17, 15) is 19.1 Å². The average Bonchev–Trinajstić information content (AvgIpc) is 2.74. The second-order valence-electron chi connectivity index (χ2n) is 4.16. The predicted octanol–water partition coefficient (Wildman–Crippen LogP) is -0.883. The lowest BCUT2D eigenvalue weighted by Crippen LogP contribution is -2.33. The Kier molecular flexibility index (Phi) is 3.93. The molecule has 8 heteroatoms. The van der Waals surface area contributed by atoms with E-state index >= 15 is 0 Å². The fourth-order valence-corrected chi connectivity index (χ4v) is 1.95. The van der Waals surface area contributed by atoms with Crippen LogP contribution >= 0.6 is 0 Å².